The van der Waals surface area contributed by atoms with Crippen molar-refractivity contribution in [3.63, 3.8) is 0 Å². The molecule has 2 aromatic rings. The van der Waals surface area contributed by atoms with Gasteiger partial charge in [0.15, 0.2) is 11.5 Å². The third-order valence-electron chi connectivity index (χ3n) is 3.52. The molecule has 19 heavy (non-hydrogen) atoms. The van der Waals surface area contributed by atoms with Crippen LogP contribution in [0.25, 0.3) is 0 Å². The predicted molar refractivity (Wildman–Crippen MR) is 68.1 cm³/mol. The van der Waals surface area contributed by atoms with Gasteiger partial charge >= 0.3 is 0 Å². The van der Waals surface area contributed by atoms with Crippen molar-refractivity contribution >= 4 is 5.91 Å². The van der Waals surface area contributed by atoms with Crippen molar-refractivity contribution in [3.8, 4) is 0 Å². The van der Waals surface area contributed by atoms with Crippen molar-refractivity contribution < 1.29 is 9.18 Å². The lowest BCUT2D eigenvalue weighted by atomic mass is 10.0. The van der Waals surface area contributed by atoms with E-state index in [0.29, 0.717) is 0 Å². The minimum Gasteiger partial charge on any atom is -0.341 e. The Labute approximate surface area is 110 Å². The zero-order valence-electron chi connectivity index (χ0n) is 10.5. The summed E-state index contributed by atoms with van der Waals surface area (Å²) in [6.45, 7) is 1.54. The number of amides is 1. The van der Waals surface area contributed by atoms with E-state index < -0.39 is 11.7 Å². The molecular weight excluding hydrogens is 245 g/mol. The number of H-pyrrole nitrogens is 1. The standard InChI is InChI=1S/C14H14FN3O/c1-9-11(15)12(18-17-9)13(19)16-14(7-8-14)10-5-3-2-4-6-10/h2-6H,7-8H2,1H3,(H,16,19)(H,17,18). The average molecular weight is 259 g/mol. The van der Waals surface area contributed by atoms with E-state index in [9.17, 15) is 9.18 Å². The van der Waals surface area contributed by atoms with E-state index in [1.807, 2.05) is 30.3 Å². The highest BCUT2D eigenvalue weighted by molar-refractivity contribution is 5.93. The summed E-state index contributed by atoms with van der Waals surface area (Å²) >= 11 is 0. The van der Waals surface area contributed by atoms with Gasteiger partial charge in [0.05, 0.1) is 11.2 Å². The number of hydrogen-bond donors (Lipinski definition) is 2. The molecular formula is C14H14FN3O. The molecule has 1 aromatic carbocycles. The van der Waals surface area contributed by atoms with Crippen LogP contribution in [-0.2, 0) is 5.54 Å². The van der Waals surface area contributed by atoms with Crippen molar-refractivity contribution in [3.05, 3.63) is 53.1 Å². The van der Waals surface area contributed by atoms with E-state index in [0.717, 1.165) is 18.4 Å². The van der Waals surface area contributed by atoms with Crippen LogP contribution in [0.2, 0.25) is 0 Å². The Morgan fingerprint density at radius 2 is 2.05 bits per heavy atom. The Kier molecular flexibility index (Phi) is 2.62. The summed E-state index contributed by atoms with van der Waals surface area (Å²) in [6.07, 6.45) is 1.74. The van der Waals surface area contributed by atoms with Gasteiger partial charge in [0.2, 0.25) is 0 Å². The zero-order chi connectivity index (χ0) is 13.5. The monoisotopic (exact) mass is 259 g/mol. The van der Waals surface area contributed by atoms with Gasteiger partial charge in [0.25, 0.3) is 5.91 Å². The second-order valence-corrected chi connectivity index (χ2v) is 4.91. The van der Waals surface area contributed by atoms with Crippen LogP contribution in [-0.4, -0.2) is 16.1 Å². The first-order chi connectivity index (χ1) is 9.12. The van der Waals surface area contributed by atoms with Gasteiger partial charge < -0.3 is 5.32 Å². The van der Waals surface area contributed by atoms with Crippen LogP contribution in [0.15, 0.2) is 30.3 Å². The quantitative estimate of drug-likeness (QED) is 0.888. The Hall–Kier alpha value is -2.17. The molecule has 2 N–H and O–H groups in total. The molecule has 0 atom stereocenters. The van der Waals surface area contributed by atoms with Crippen LogP contribution in [0.4, 0.5) is 4.39 Å². The molecule has 1 aliphatic rings. The highest BCUT2D eigenvalue weighted by Gasteiger charge is 2.46. The molecule has 1 fully saturated rings. The number of aryl methyl sites for hydroxylation is 1. The number of hydrogen-bond acceptors (Lipinski definition) is 2. The third-order valence-corrected chi connectivity index (χ3v) is 3.52. The first-order valence-corrected chi connectivity index (χ1v) is 6.21. The number of carbonyl (C=O) groups excluding carboxylic acids is 1. The lowest BCUT2D eigenvalue weighted by molar-refractivity contribution is 0.0921. The maximum absolute atomic E-state index is 13.7. The molecule has 0 aliphatic heterocycles. The Morgan fingerprint density at radius 1 is 1.37 bits per heavy atom. The molecule has 1 amide bonds. The highest BCUT2D eigenvalue weighted by Crippen LogP contribution is 2.45. The summed E-state index contributed by atoms with van der Waals surface area (Å²) in [6, 6.07) is 9.73. The summed E-state index contributed by atoms with van der Waals surface area (Å²) in [5.74, 6) is -1.05. The molecule has 4 nitrogen and oxygen atoms in total. The topological polar surface area (TPSA) is 57.8 Å². The first-order valence-electron chi connectivity index (χ1n) is 6.21. The van der Waals surface area contributed by atoms with Gasteiger partial charge in [0, 0.05) is 0 Å². The zero-order valence-corrected chi connectivity index (χ0v) is 10.5. The lowest BCUT2D eigenvalue weighted by Gasteiger charge is -2.17. The maximum Gasteiger partial charge on any atom is 0.275 e. The van der Waals surface area contributed by atoms with E-state index in [-0.39, 0.29) is 16.9 Å². The number of rotatable bonds is 3. The molecule has 98 valence electrons. The van der Waals surface area contributed by atoms with Crippen LogP contribution in [0, 0.1) is 12.7 Å². The fourth-order valence-electron chi connectivity index (χ4n) is 2.21. The number of nitrogens with one attached hydrogen (secondary N) is 2. The van der Waals surface area contributed by atoms with Crippen LogP contribution < -0.4 is 5.32 Å². The second-order valence-electron chi connectivity index (χ2n) is 4.91. The average Bonchev–Trinajstić information content (AvgIpc) is 3.13. The smallest absolute Gasteiger partial charge is 0.275 e. The molecule has 0 spiro atoms. The second kappa shape index (κ2) is 4.19. The van der Waals surface area contributed by atoms with Crippen molar-refractivity contribution in [1.29, 1.82) is 0 Å². The van der Waals surface area contributed by atoms with Crippen LogP contribution in [0.5, 0.6) is 0 Å². The summed E-state index contributed by atoms with van der Waals surface area (Å²) in [7, 11) is 0. The van der Waals surface area contributed by atoms with Crippen molar-refractivity contribution in [2.45, 2.75) is 25.3 Å². The van der Waals surface area contributed by atoms with Gasteiger partial charge in [-0.05, 0) is 25.3 Å². The van der Waals surface area contributed by atoms with Gasteiger partial charge in [-0.15, -0.1) is 0 Å². The first kappa shape index (κ1) is 11.9. The van der Waals surface area contributed by atoms with Gasteiger partial charge in [-0.3, -0.25) is 9.89 Å². The summed E-state index contributed by atoms with van der Waals surface area (Å²) in [5, 5.41) is 9.08. The van der Waals surface area contributed by atoms with E-state index in [4.69, 9.17) is 0 Å². The SMILES string of the molecule is Cc1[nH]nc(C(=O)NC2(c3ccccc3)CC2)c1F. The van der Waals surface area contributed by atoms with E-state index in [1.165, 1.54) is 0 Å². The van der Waals surface area contributed by atoms with Crippen LogP contribution >= 0.6 is 0 Å². The number of carbonyl (C=O) groups is 1. The molecule has 1 heterocycles. The molecule has 1 aromatic heterocycles. The van der Waals surface area contributed by atoms with Crippen molar-refractivity contribution in [2.24, 2.45) is 0 Å². The van der Waals surface area contributed by atoms with Crippen molar-refractivity contribution in [1.82, 2.24) is 15.5 Å². The minimum atomic E-state index is -0.582. The third kappa shape index (κ3) is 2.01. The highest BCUT2D eigenvalue weighted by atomic mass is 19.1. The molecule has 0 bridgehead atoms. The van der Waals surface area contributed by atoms with Gasteiger partial charge in [-0.1, -0.05) is 30.3 Å². The molecule has 3 rings (SSSR count). The fourth-order valence-corrected chi connectivity index (χ4v) is 2.21. The van der Waals surface area contributed by atoms with Crippen LogP contribution in [0.3, 0.4) is 0 Å². The fraction of sp³-hybridized carbons (Fsp3) is 0.286. The normalized spacial score (nSPS) is 16.1. The van der Waals surface area contributed by atoms with Gasteiger partial charge in [0.1, 0.15) is 0 Å². The van der Waals surface area contributed by atoms with E-state index in [1.54, 1.807) is 6.92 Å². The van der Waals surface area contributed by atoms with E-state index in [2.05, 4.69) is 15.5 Å². The lowest BCUT2D eigenvalue weighted by Crippen LogP contribution is -2.35. The minimum absolute atomic E-state index is 0.167. The summed E-state index contributed by atoms with van der Waals surface area (Å²) in [4.78, 5) is 12.1. The molecule has 1 saturated carbocycles. The van der Waals surface area contributed by atoms with Crippen LogP contribution in [0.1, 0.15) is 34.6 Å². The maximum atomic E-state index is 13.7. The Bertz CT molecular complexity index is 617. The summed E-state index contributed by atoms with van der Waals surface area (Å²) in [5.41, 5.74) is 0.808. The Morgan fingerprint density at radius 3 is 2.58 bits per heavy atom. The molecule has 1 aliphatic carbocycles. The molecule has 0 unspecified atom stereocenters. The number of aromatic nitrogens is 2. The van der Waals surface area contributed by atoms with Gasteiger partial charge in [-0.2, -0.15) is 5.10 Å². The molecule has 0 saturated heterocycles. The molecule has 0 radical (unpaired) electrons. The summed E-state index contributed by atoms with van der Waals surface area (Å²) < 4.78 is 13.7. The number of benzene rings is 1. The Balaban J connectivity index is 1.83. The predicted octanol–water partition coefficient (Wildman–Crippen LogP) is 2.28. The number of nitrogens with zero attached hydrogens (tertiary/aromatic N) is 1. The van der Waals surface area contributed by atoms with Gasteiger partial charge in [-0.25, -0.2) is 4.39 Å². The largest absolute Gasteiger partial charge is 0.341 e. The van der Waals surface area contributed by atoms with Crippen molar-refractivity contribution in [2.75, 3.05) is 0 Å². The number of halogens is 1. The molecule has 5 heteroatoms. The van der Waals surface area contributed by atoms with E-state index >= 15 is 0 Å². The number of aromatic amines is 1.